The fourth-order valence-corrected chi connectivity index (χ4v) is 2.91. The highest BCUT2D eigenvalue weighted by Crippen LogP contribution is 2.24. The van der Waals surface area contributed by atoms with E-state index in [4.69, 9.17) is 4.74 Å². The molecule has 110 valence electrons. The summed E-state index contributed by atoms with van der Waals surface area (Å²) in [6, 6.07) is 9.88. The average molecular weight is 284 g/mol. The predicted molar refractivity (Wildman–Crippen MR) is 82.3 cm³/mol. The van der Waals surface area contributed by atoms with Crippen molar-refractivity contribution >= 4 is 16.7 Å². The summed E-state index contributed by atoms with van der Waals surface area (Å²) in [5.41, 5.74) is 0.319. The van der Waals surface area contributed by atoms with Gasteiger partial charge in [-0.3, -0.25) is 9.78 Å². The van der Waals surface area contributed by atoms with Crippen molar-refractivity contribution in [3.8, 4) is 0 Å². The van der Waals surface area contributed by atoms with Gasteiger partial charge in [-0.05, 0) is 38.1 Å². The van der Waals surface area contributed by atoms with Crippen molar-refractivity contribution in [1.82, 2.24) is 10.3 Å². The second-order valence-corrected chi connectivity index (χ2v) is 6.15. The summed E-state index contributed by atoms with van der Waals surface area (Å²) in [5.74, 6) is -0.102. The molecular formula is C17H20N2O2. The Morgan fingerprint density at radius 2 is 2.14 bits per heavy atom. The van der Waals surface area contributed by atoms with Gasteiger partial charge >= 0.3 is 0 Å². The fourth-order valence-electron chi connectivity index (χ4n) is 2.91. The molecule has 4 nitrogen and oxygen atoms in total. The standard InChI is InChI=1S/C17H20N2O2/c1-17(2)11-13(8-10-21-17)19-16(20)15-14-6-4-3-5-12(14)7-9-18-15/h3-7,9,13H,8,10-11H2,1-2H3,(H,19,20). The van der Waals surface area contributed by atoms with Crippen molar-refractivity contribution in [2.24, 2.45) is 0 Å². The van der Waals surface area contributed by atoms with Crippen LogP contribution in [0.1, 0.15) is 37.2 Å². The summed E-state index contributed by atoms with van der Waals surface area (Å²) < 4.78 is 5.69. The molecule has 0 spiro atoms. The average Bonchev–Trinajstić information content (AvgIpc) is 2.45. The zero-order chi connectivity index (χ0) is 14.9. The molecular weight excluding hydrogens is 264 g/mol. The van der Waals surface area contributed by atoms with Crippen molar-refractivity contribution in [2.45, 2.75) is 38.3 Å². The van der Waals surface area contributed by atoms with Crippen LogP contribution in [0.25, 0.3) is 10.8 Å². The van der Waals surface area contributed by atoms with E-state index in [1.807, 2.05) is 30.3 Å². The summed E-state index contributed by atoms with van der Waals surface area (Å²) >= 11 is 0. The lowest BCUT2D eigenvalue weighted by Gasteiger charge is -2.35. The van der Waals surface area contributed by atoms with Gasteiger partial charge in [0.2, 0.25) is 0 Å². The maximum absolute atomic E-state index is 12.5. The Labute approximate surface area is 124 Å². The molecule has 1 aliphatic rings. The number of hydrogen-bond acceptors (Lipinski definition) is 3. The van der Waals surface area contributed by atoms with E-state index in [1.54, 1.807) is 6.20 Å². The lowest BCUT2D eigenvalue weighted by atomic mass is 9.94. The van der Waals surface area contributed by atoms with Crippen molar-refractivity contribution < 1.29 is 9.53 Å². The van der Waals surface area contributed by atoms with E-state index in [0.717, 1.165) is 23.6 Å². The monoisotopic (exact) mass is 284 g/mol. The molecule has 1 aromatic carbocycles. The van der Waals surface area contributed by atoms with Gasteiger partial charge in [0.1, 0.15) is 5.69 Å². The zero-order valence-electron chi connectivity index (χ0n) is 12.4. The third-order valence-corrected chi connectivity index (χ3v) is 3.92. The van der Waals surface area contributed by atoms with E-state index >= 15 is 0 Å². The quantitative estimate of drug-likeness (QED) is 0.922. The Morgan fingerprint density at radius 1 is 1.33 bits per heavy atom. The Bertz CT molecular complexity index is 661. The number of amides is 1. The highest BCUT2D eigenvalue weighted by Gasteiger charge is 2.30. The van der Waals surface area contributed by atoms with Gasteiger partial charge in [-0.2, -0.15) is 0 Å². The number of nitrogens with zero attached hydrogens (tertiary/aromatic N) is 1. The van der Waals surface area contributed by atoms with Crippen LogP contribution in [0.5, 0.6) is 0 Å². The first-order chi connectivity index (χ1) is 10.1. The van der Waals surface area contributed by atoms with Crippen molar-refractivity contribution in [3.05, 3.63) is 42.2 Å². The van der Waals surface area contributed by atoms with Gasteiger partial charge in [0, 0.05) is 24.2 Å². The molecule has 1 aromatic heterocycles. The van der Waals surface area contributed by atoms with Gasteiger partial charge in [-0.1, -0.05) is 24.3 Å². The van der Waals surface area contributed by atoms with Crippen LogP contribution in [0, 0.1) is 0 Å². The Kier molecular flexibility index (Phi) is 3.64. The van der Waals surface area contributed by atoms with Gasteiger partial charge in [0.15, 0.2) is 0 Å². The summed E-state index contributed by atoms with van der Waals surface area (Å²) in [5, 5.41) is 5.03. The minimum absolute atomic E-state index is 0.102. The molecule has 0 saturated carbocycles. The van der Waals surface area contributed by atoms with Gasteiger partial charge in [0.05, 0.1) is 5.60 Å². The fraction of sp³-hybridized carbons (Fsp3) is 0.412. The first-order valence-electron chi connectivity index (χ1n) is 7.34. The van der Waals surface area contributed by atoms with Crippen LogP contribution in [0.4, 0.5) is 0 Å². The normalized spacial score (nSPS) is 21.1. The summed E-state index contributed by atoms with van der Waals surface area (Å²) in [7, 11) is 0. The number of aromatic nitrogens is 1. The molecule has 1 amide bonds. The molecule has 0 aliphatic carbocycles. The predicted octanol–water partition coefficient (Wildman–Crippen LogP) is 2.92. The lowest BCUT2D eigenvalue weighted by Crippen LogP contribution is -2.46. The topological polar surface area (TPSA) is 51.2 Å². The van der Waals surface area contributed by atoms with Crippen LogP contribution < -0.4 is 5.32 Å². The molecule has 1 N–H and O–H groups in total. The minimum Gasteiger partial charge on any atom is -0.375 e. The Balaban J connectivity index is 1.81. The number of carbonyl (C=O) groups excluding carboxylic acids is 1. The van der Waals surface area contributed by atoms with E-state index in [9.17, 15) is 4.79 Å². The van der Waals surface area contributed by atoms with E-state index in [-0.39, 0.29) is 17.6 Å². The minimum atomic E-state index is -0.178. The highest BCUT2D eigenvalue weighted by atomic mass is 16.5. The van der Waals surface area contributed by atoms with E-state index < -0.39 is 0 Å². The molecule has 1 aliphatic heterocycles. The van der Waals surface area contributed by atoms with Crippen LogP contribution in [0.3, 0.4) is 0 Å². The molecule has 1 fully saturated rings. The van der Waals surface area contributed by atoms with Crippen molar-refractivity contribution in [1.29, 1.82) is 0 Å². The summed E-state index contributed by atoms with van der Waals surface area (Å²) in [6.45, 7) is 4.80. The summed E-state index contributed by atoms with van der Waals surface area (Å²) in [6.07, 6.45) is 3.36. The van der Waals surface area contributed by atoms with Gasteiger partial charge in [-0.25, -0.2) is 0 Å². The van der Waals surface area contributed by atoms with Gasteiger partial charge in [-0.15, -0.1) is 0 Å². The second kappa shape index (κ2) is 5.45. The molecule has 2 heterocycles. The van der Waals surface area contributed by atoms with E-state index in [2.05, 4.69) is 24.1 Å². The summed E-state index contributed by atoms with van der Waals surface area (Å²) in [4.78, 5) is 16.8. The molecule has 1 atom stereocenters. The highest BCUT2D eigenvalue weighted by molar-refractivity contribution is 6.05. The van der Waals surface area contributed by atoms with E-state index in [0.29, 0.717) is 12.3 Å². The molecule has 0 bridgehead atoms. The number of hydrogen-bond donors (Lipinski definition) is 1. The molecule has 1 saturated heterocycles. The Morgan fingerprint density at radius 3 is 2.95 bits per heavy atom. The molecule has 3 rings (SSSR count). The SMILES string of the molecule is CC1(C)CC(NC(=O)c2nccc3ccccc23)CCO1. The number of nitrogens with one attached hydrogen (secondary N) is 1. The lowest BCUT2D eigenvalue weighted by molar-refractivity contribution is -0.0615. The Hall–Kier alpha value is -1.94. The molecule has 1 unspecified atom stereocenters. The van der Waals surface area contributed by atoms with E-state index in [1.165, 1.54) is 0 Å². The first kappa shape index (κ1) is 14.0. The number of benzene rings is 1. The van der Waals surface area contributed by atoms with Crippen molar-refractivity contribution in [3.63, 3.8) is 0 Å². The number of ether oxygens (including phenoxy) is 1. The molecule has 4 heteroatoms. The molecule has 21 heavy (non-hydrogen) atoms. The number of rotatable bonds is 2. The van der Waals surface area contributed by atoms with Gasteiger partial charge in [0.25, 0.3) is 5.91 Å². The van der Waals surface area contributed by atoms with Gasteiger partial charge < -0.3 is 10.1 Å². The molecule has 0 radical (unpaired) electrons. The van der Waals surface area contributed by atoms with Crippen LogP contribution in [-0.2, 0) is 4.74 Å². The third kappa shape index (κ3) is 3.05. The first-order valence-corrected chi connectivity index (χ1v) is 7.34. The second-order valence-electron chi connectivity index (χ2n) is 6.15. The largest absolute Gasteiger partial charge is 0.375 e. The zero-order valence-corrected chi connectivity index (χ0v) is 12.4. The van der Waals surface area contributed by atoms with Crippen LogP contribution in [0.2, 0.25) is 0 Å². The van der Waals surface area contributed by atoms with Crippen molar-refractivity contribution in [2.75, 3.05) is 6.61 Å². The van der Waals surface area contributed by atoms with Crippen LogP contribution in [0.15, 0.2) is 36.5 Å². The molecule has 2 aromatic rings. The van der Waals surface area contributed by atoms with Crippen LogP contribution >= 0.6 is 0 Å². The number of carbonyl (C=O) groups is 1. The maximum Gasteiger partial charge on any atom is 0.270 e. The third-order valence-electron chi connectivity index (χ3n) is 3.92. The van der Waals surface area contributed by atoms with Crippen LogP contribution in [-0.4, -0.2) is 29.1 Å². The smallest absolute Gasteiger partial charge is 0.270 e. The number of pyridine rings is 1. The maximum atomic E-state index is 12.5. The number of fused-ring (bicyclic) bond motifs is 1.